The number of nitrogens with zero attached hydrogens (tertiary/aromatic N) is 1. The second-order valence-electron chi connectivity index (χ2n) is 5.41. The van der Waals surface area contributed by atoms with Gasteiger partial charge in [0.25, 0.3) is 0 Å². The molecule has 4 heteroatoms. The van der Waals surface area contributed by atoms with Gasteiger partial charge in [0.15, 0.2) is 0 Å². The lowest BCUT2D eigenvalue weighted by atomic mass is 9.96. The van der Waals surface area contributed by atoms with Gasteiger partial charge in [0, 0.05) is 6.42 Å². The number of rotatable bonds is 3. The number of carbonyl (C=O) groups is 1. The minimum absolute atomic E-state index is 0.0833. The van der Waals surface area contributed by atoms with E-state index in [1.807, 2.05) is 6.07 Å². The molecule has 20 heavy (non-hydrogen) atoms. The van der Waals surface area contributed by atoms with Crippen molar-refractivity contribution in [2.75, 3.05) is 5.32 Å². The third-order valence-corrected chi connectivity index (χ3v) is 3.82. The van der Waals surface area contributed by atoms with Gasteiger partial charge in [0.2, 0.25) is 5.91 Å². The zero-order valence-electron chi connectivity index (χ0n) is 11.5. The lowest BCUT2D eigenvalue weighted by molar-refractivity contribution is -0.117. The second kappa shape index (κ2) is 7.04. The maximum atomic E-state index is 13.0. The Morgan fingerprint density at radius 3 is 2.65 bits per heavy atom. The Morgan fingerprint density at radius 2 is 2.00 bits per heavy atom. The smallest absolute Gasteiger partial charge is 0.224 e. The lowest BCUT2D eigenvalue weighted by Gasteiger charge is -2.14. The third-order valence-electron chi connectivity index (χ3n) is 3.82. The predicted molar refractivity (Wildman–Crippen MR) is 75.6 cm³/mol. The van der Waals surface area contributed by atoms with Crippen LogP contribution in [0.1, 0.15) is 50.5 Å². The highest BCUT2D eigenvalue weighted by molar-refractivity contribution is 5.92. The molecule has 0 atom stereocenters. The number of nitrogens with one attached hydrogen (secondary N) is 1. The normalized spacial score (nSPS) is 16.2. The lowest BCUT2D eigenvalue weighted by Crippen LogP contribution is -2.17. The molecule has 1 fully saturated rings. The molecule has 1 aromatic carbocycles. The molecule has 0 aliphatic heterocycles. The summed E-state index contributed by atoms with van der Waals surface area (Å²) in [5, 5.41) is 11.7. The van der Waals surface area contributed by atoms with Crippen LogP contribution in [-0.2, 0) is 4.79 Å². The van der Waals surface area contributed by atoms with Crippen LogP contribution in [0.3, 0.4) is 0 Å². The molecule has 2 rings (SSSR count). The Hall–Kier alpha value is -1.89. The van der Waals surface area contributed by atoms with E-state index in [1.165, 1.54) is 37.8 Å². The highest BCUT2D eigenvalue weighted by atomic mass is 19.1. The zero-order valence-corrected chi connectivity index (χ0v) is 11.5. The zero-order chi connectivity index (χ0) is 14.4. The van der Waals surface area contributed by atoms with Gasteiger partial charge >= 0.3 is 0 Å². The number of hydrogen-bond acceptors (Lipinski definition) is 2. The van der Waals surface area contributed by atoms with Gasteiger partial charge in [-0.3, -0.25) is 4.79 Å². The highest BCUT2D eigenvalue weighted by Gasteiger charge is 2.17. The number of nitriles is 1. The summed E-state index contributed by atoms with van der Waals surface area (Å²) in [6, 6.07) is 5.74. The van der Waals surface area contributed by atoms with Crippen LogP contribution in [0.2, 0.25) is 0 Å². The average molecular weight is 274 g/mol. The first-order valence-electron chi connectivity index (χ1n) is 7.18. The molecule has 1 saturated carbocycles. The largest absolute Gasteiger partial charge is 0.325 e. The quantitative estimate of drug-likeness (QED) is 0.847. The maximum Gasteiger partial charge on any atom is 0.224 e. The van der Waals surface area contributed by atoms with Crippen molar-refractivity contribution >= 4 is 11.6 Å². The van der Waals surface area contributed by atoms with Crippen molar-refractivity contribution in [3.8, 4) is 6.07 Å². The Bertz CT molecular complexity index is 514. The number of benzene rings is 1. The average Bonchev–Trinajstić information content (AvgIpc) is 2.69. The van der Waals surface area contributed by atoms with Crippen LogP contribution in [0.4, 0.5) is 10.1 Å². The van der Waals surface area contributed by atoms with Gasteiger partial charge in [-0.1, -0.05) is 25.7 Å². The molecule has 1 aliphatic carbocycles. The van der Waals surface area contributed by atoms with E-state index in [9.17, 15) is 9.18 Å². The first kappa shape index (κ1) is 14.5. The molecule has 1 N–H and O–H groups in total. The fourth-order valence-electron chi connectivity index (χ4n) is 2.75. The fourth-order valence-corrected chi connectivity index (χ4v) is 2.75. The number of amides is 1. The molecule has 0 aromatic heterocycles. The summed E-state index contributed by atoms with van der Waals surface area (Å²) in [7, 11) is 0. The molecule has 0 radical (unpaired) electrons. The van der Waals surface area contributed by atoms with E-state index in [2.05, 4.69) is 5.32 Å². The van der Waals surface area contributed by atoms with Crippen LogP contribution < -0.4 is 5.32 Å². The summed E-state index contributed by atoms with van der Waals surface area (Å²) in [5.74, 6) is -0.119. The SMILES string of the molecule is N#Cc1cc(F)ccc1NC(=O)CC1CCCCCC1. The standard InChI is InChI=1S/C16H19FN2O/c17-14-7-8-15(13(10-14)11-18)19-16(20)9-12-5-3-1-2-4-6-12/h7-8,10,12H,1-6,9H2,(H,19,20). The summed E-state index contributed by atoms with van der Waals surface area (Å²) >= 11 is 0. The molecule has 0 bridgehead atoms. The van der Waals surface area contributed by atoms with Crippen LogP contribution in [0, 0.1) is 23.1 Å². The van der Waals surface area contributed by atoms with Gasteiger partial charge in [-0.05, 0) is 37.0 Å². The predicted octanol–water partition coefficient (Wildman–Crippen LogP) is 4.00. The number of anilines is 1. The molecule has 3 nitrogen and oxygen atoms in total. The molecule has 1 aromatic rings. The Balaban J connectivity index is 1.95. The summed E-state index contributed by atoms with van der Waals surface area (Å²) in [6.07, 6.45) is 7.59. The van der Waals surface area contributed by atoms with Gasteiger partial charge in [-0.15, -0.1) is 0 Å². The van der Waals surface area contributed by atoms with E-state index in [1.54, 1.807) is 0 Å². The van der Waals surface area contributed by atoms with Crippen molar-refractivity contribution in [2.24, 2.45) is 5.92 Å². The number of halogens is 1. The molecule has 1 aliphatic rings. The van der Waals surface area contributed by atoms with Gasteiger partial charge < -0.3 is 5.32 Å². The molecule has 0 spiro atoms. The van der Waals surface area contributed by atoms with Crippen LogP contribution in [-0.4, -0.2) is 5.91 Å². The van der Waals surface area contributed by atoms with E-state index >= 15 is 0 Å². The van der Waals surface area contributed by atoms with Gasteiger partial charge in [0.1, 0.15) is 11.9 Å². The highest BCUT2D eigenvalue weighted by Crippen LogP contribution is 2.26. The molecule has 106 valence electrons. The van der Waals surface area contributed by atoms with Crippen LogP contribution in [0.15, 0.2) is 18.2 Å². The summed E-state index contributed by atoms with van der Waals surface area (Å²) in [5.41, 5.74) is 0.562. The molecule has 1 amide bonds. The van der Waals surface area contributed by atoms with Crippen molar-refractivity contribution in [1.29, 1.82) is 5.26 Å². The second-order valence-corrected chi connectivity index (χ2v) is 5.41. The van der Waals surface area contributed by atoms with Gasteiger partial charge in [0.05, 0.1) is 11.3 Å². The van der Waals surface area contributed by atoms with Gasteiger partial charge in [-0.2, -0.15) is 5.26 Å². The number of carbonyl (C=O) groups excluding carboxylic acids is 1. The summed E-state index contributed by atoms with van der Waals surface area (Å²) in [4.78, 5) is 12.0. The number of hydrogen-bond donors (Lipinski definition) is 1. The van der Waals surface area contributed by atoms with Crippen LogP contribution >= 0.6 is 0 Å². The van der Waals surface area contributed by atoms with Gasteiger partial charge in [-0.25, -0.2) is 4.39 Å². The van der Waals surface area contributed by atoms with E-state index < -0.39 is 5.82 Å². The molecule has 0 heterocycles. The fraction of sp³-hybridized carbons (Fsp3) is 0.500. The monoisotopic (exact) mass is 274 g/mol. The van der Waals surface area contributed by atoms with Crippen LogP contribution in [0.25, 0.3) is 0 Å². The minimum Gasteiger partial charge on any atom is -0.325 e. The summed E-state index contributed by atoms with van der Waals surface area (Å²) in [6.45, 7) is 0. The van der Waals surface area contributed by atoms with E-state index in [0.29, 0.717) is 18.0 Å². The van der Waals surface area contributed by atoms with Crippen molar-refractivity contribution in [1.82, 2.24) is 0 Å². The maximum absolute atomic E-state index is 13.0. The Kier molecular flexibility index (Phi) is 5.11. The first-order chi connectivity index (χ1) is 9.69. The molecule has 0 unspecified atom stereocenters. The third kappa shape index (κ3) is 4.06. The van der Waals surface area contributed by atoms with Crippen molar-refractivity contribution in [3.05, 3.63) is 29.6 Å². The molecular weight excluding hydrogens is 255 g/mol. The van der Waals surface area contributed by atoms with E-state index in [4.69, 9.17) is 5.26 Å². The van der Waals surface area contributed by atoms with Crippen LogP contribution in [0.5, 0.6) is 0 Å². The Morgan fingerprint density at radius 1 is 1.30 bits per heavy atom. The molecular formula is C16H19FN2O. The molecule has 0 saturated heterocycles. The first-order valence-corrected chi connectivity index (χ1v) is 7.18. The van der Waals surface area contributed by atoms with Crippen molar-refractivity contribution in [2.45, 2.75) is 44.9 Å². The Labute approximate surface area is 118 Å². The summed E-state index contributed by atoms with van der Waals surface area (Å²) < 4.78 is 13.0. The van der Waals surface area contributed by atoms with E-state index in [0.717, 1.165) is 18.9 Å². The van der Waals surface area contributed by atoms with E-state index in [-0.39, 0.29) is 11.5 Å². The topological polar surface area (TPSA) is 52.9 Å². The van der Waals surface area contributed by atoms with Crippen molar-refractivity contribution < 1.29 is 9.18 Å². The van der Waals surface area contributed by atoms with Crippen molar-refractivity contribution in [3.63, 3.8) is 0 Å². The minimum atomic E-state index is -0.469.